The number of hydrogen-bond acceptors (Lipinski definition) is 7. The molecule has 0 bridgehead atoms. The van der Waals surface area contributed by atoms with Crippen LogP contribution in [-0.4, -0.2) is 79.1 Å². The molecule has 0 spiro atoms. The molecule has 262 valence electrons. The van der Waals surface area contributed by atoms with Gasteiger partial charge in [-0.05, 0) is 56.4 Å². The van der Waals surface area contributed by atoms with Gasteiger partial charge in [0, 0.05) is 13.0 Å². The van der Waals surface area contributed by atoms with E-state index >= 15 is 0 Å². The number of ether oxygens (including phenoxy) is 4. The Hall–Kier alpha value is -2.88. The molecule has 1 saturated carbocycles. The summed E-state index contributed by atoms with van der Waals surface area (Å²) in [4.78, 5) is 28.6. The zero-order chi connectivity index (χ0) is 33.3. The molecule has 2 saturated heterocycles. The third-order valence-corrected chi connectivity index (χ3v) is 9.89. The highest BCUT2D eigenvalue weighted by atomic mass is 16.7. The number of alkyl carbamates (subject to hydrolysis) is 1. The molecule has 1 aromatic rings. The fourth-order valence-corrected chi connectivity index (χ4v) is 7.14. The number of aliphatic hydroxyl groups excluding tert-OH is 1. The summed E-state index contributed by atoms with van der Waals surface area (Å²) < 4.78 is 23.2. The van der Waals surface area contributed by atoms with Crippen LogP contribution in [0.2, 0.25) is 0 Å². The summed E-state index contributed by atoms with van der Waals surface area (Å²) >= 11 is 0. The van der Waals surface area contributed by atoms with Crippen molar-refractivity contribution in [1.82, 2.24) is 10.2 Å². The van der Waals surface area contributed by atoms with E-state index in [1.807, 2.05) is 42.5 Å². The Balaban J connectivity index is 1.41. The summed E-state index contributed by atoms with van der Waals surface area (Å²) in [5, 5.41) is 14.6. The molecule has 6 atom stereocenters. The SMILES string of the molecule is C=CCCCCCCCCN(C[C@@H](O)[C@H](Cc1ccccc1)NC(=O)O[C@H]1CO[C@H]2OCC[C@H]21)C(=O)OC(CC=C)C1CCCCC1. The van der Waals surface area contributed by atoms with Crippen LogP contribution < -0.4 is 5.32 Å². The Kier molecular flexibility index (Phi) is 16.1. The van der Waals surface area contributed by atoms with E-state index < -0.39 is 30.4 Å². The minimum absolute atomic E-state index is 0.0122. The van der Waals surface area contributed by atoms with Crippen LogP contribution in [0.15, 0.2) is 55.6 Å². The van der Waals surface area contributed by atoms with Crippen LogP contribution in [0.1, 0.15) is 95.5 Å². The topological polar surface area (TPSA) is 107 Å². The van der Waals surface area contributed by atoms with Gasteiger partial charge in [0.05, 0.1) is 37.8 Å². The summed E-state index contributed by atoms with van der Waals surface area (Å²) in [6, 6.07) is 9.02. The zero-order valence-electron chi connectivity index (χ0n) is 28.3. The molecular formula is C38H58N2O7. The maximum Gasteiger partial charge on any atom is 0.410 e. The molecule has 3 fully saturated rings. The molecule has 1 aliphatic carbocycles. The van der Waals surface area contributed by atoms with Gasteiger partial charge in [0.15, 0.2) is 6.29 Å². The van der Waals surface area contributed by atoms with Gasteiger partial charge in [-0.15, -0.1) is 13.2 Å². The molecule has 0 aromatic heterocycles. The monoisotopic (exact) mass is 654 g/mol. The molecule has 4 rings (SSSR count). The molecule has 2 heterocycles. The molecule has 1 unspecified atom stereocenters. The lowest BCUT2D eigenvalue weighted by molar-refractivity contribution is -0.0907. The van der Waals surface area contributed by atoms with Gasteiger partial charge in [0.2, 0.25) is 0 Å². The van der Waals surface area contributed by atoms with Crippen LogP contribution in [0.25, 0.3) is 0 Å². The Morgan fingerprint density at radius 2 is 1.72 bits per heavy atom. The van der Waals surface area contributed by atoms with Crippen molar-refractivity contribution in [3.8, 4) is 0 Å². The number of nitrogens with one attached hydrogen (secondary N) is 1. The number of nitrogens with zero attached hydrogens (tertiary/aromatic N) is 1. The maximum absolute atomic E-state index is 13.8. The number of hydrogen-bond donors (Lipinski definition) is 2. The number of allylic oxidation sites excluding steroid dienone is 1. The van der Waals surface area contributed by atoms with E-state index in [4.69, 9.17) is 18.9 Å². The number of benzene rings is 1. The minimum Gasteiger partial charge on any atom is -0.445 e. The average molecular weight is 655 g/mol. The first-order valence-corrected chi connectivity index (χ1v) is 18.1. The van der Waals surface area contributed by atoms with Gasteiger partial charge in [0.1, 0.15) is 12.2 Å². The van der Waals surface area contributed by atoms with Crippen molar-refractivity contribution in [2.75, 3.05) is 26.3 Å². The van der Waals surface area contributed by atoms with Crippen molar-refractivity contribution < 1.29 is 33.6 Å². The van der Waals surface area contributed by atoms with E-state index in [0.717, 1.165) is 76.2 Å². The number of aliphatic hydroxyl groups is 1. The van der Waals surface area contributed by atoms with Gasteiger partial charge < -0.3 is 34.3 Å². The van der Waals surface area contributed by atoms with Gasteiger partial charge in [-0.3, -0.25) is 0 Å². The van der Waals surface area contributed by atoms with Crippen LogP contribution in [0.5, 0.6) is 0 Å². The highest BCUT2D eigenvalue weighted by Crippen LogP contribution is 2.33. The Morgan fingerprint density at radius 1 is 0.979 bits per heavy atom. The predicted molar refractivity (Wildman–Crippen MR) is 183 cm³/mol. The van der Waals surface area contributed by atoms with E-state index in [-0.39, 0.29) is 31.5 Å². The van der Waals surface area contributed by atoms with E-state index in [0.29, 0.717) is 31.9 Å². The molecule has 2 amide bonds. The highest BCUT2D eigenvalue weighted by Gasteiger charge is 2.44. The second-order valence-corrected chi connectivity index (χ2v) is 13.5. The average Bonchev–Trinajstić information content (AvgIpc) is 3.71. The van der Waals surface area contributed by atoms with E-state index in [2.05, 4.69) is 18.5 Å². The highest BCUT2D eigenvalue weighted by molar-refractivity contribution is 5.69. The Bertz CT molecular complexity index is 1080. The summed E-state index contributed by atoms with van der Waals surface area (Å²) in [5.74, 6) is 0.331. The summed E-state index contributed by atoms with van der Waals surface area (Å²) in [6.45, 7) is 9.10. The lowest BCUT2D eigenvalue weighted by Crippen LogP contribution is -2.52. The Morgan fingerprint density at radius 3 is 2.47 bits per heavy atom. The van der Waals surface area contributed by atoms with E-state index in [9.17, 15) is 14.7 Å². The third-order valence-electron chi connectivity index (χ3n) is 9.89. The minimum atomic E-state index is -1.05. The van der Waals surface area contributed by atoms with Crippen molar-refractivity contribution in [1.29, 1.82) is 0 Å². The van der Waals surface area contributed by atoms with Crippen molar-refractivity contribution in [2.45, 2.75) is 127 Å². The first kappa shape index (κ1) is 36.9. The van der Waals surface area contributed by atoms with Crippen molar-refractivity contribution >= 4 is 12.2 Å². The maximum atomic E-state index is 13.8. The van der Waals surface area contributed by atoms with Gasteiger partial charge >= 0.3 is 12.2 Å². The summed E-state index contributed by atoms with van der Waals surface area (Å²) in [5.41, 5.74) is 0.958. The first-order chi connectivity index (χ1) is 23.0. The predicted octanol–water partition coefficient (Wildman–Crippen LogP) is 7.33. The molecule has 0 radical (unpaired) electrons. The van der Waals surface area contributed by atoms with Crippen LogP contribution >= 0.6 is 0 Å². The molecule has 47 heavy (non-hydrogen) atoms. The lowest BCUT2D eigenvalue weighted by atomic mass is 9.84. The fourth-order valence-electron chi connectivity index (χ4n) is 7.14. The van der Waals surface area contributed by atoms with Crippen LogP contribution in [0.3, 0.4) is 0 Å². The number of amides is 2. The van der Waals surface area contributed by atoms with Gasteiger partial charge in [-0.1, -0.05) is 87.4 Å². The van der Waals surface area contributed by atoms with E-state index in [1.165, 1.54) is 12.8 Å². The summed E-state index contributed by atoms with van der Waals surface area (Å²) in [7, 11) is 0. The van der Waals surface area contributed by atoms with Gasteiger partial charge in [-0.25, -0.2) is 9.59 Å². The zero-order valence-corrected chi connectivity index (χ0v) is 28.3. The molecular weight excluding hydrogens is 596 g/mol. The molecule has 1 aromatic carbocycles. The van der Waals surface area contributed by atoms with E-state index in [1.54, 1.807) is 4.90 Å². The quantitative estimate of drug-likeness (QED) is 0.112. The van der Waals surface area contributed by atoms with Crippen LogP contribution in [0, 0.1) is 11.8 Å². The third kappa shape index (κ3) is 12.3. The van der Waals surface area contributed by atoms with Crippen LogP contribution in [-0.2, 0) is 25.4 Å². The van der Waals surface area contributed by atoms with Gasteiger partial charge in [0.25, 0.3) is 0 Å². The van der Waals surface area contributed by atoms with Crippen molar-refractivity contribution in [3.05, 3.63) is 61.2 Å². The summed E-state index contributed by atoms with van der Waals surface area (Å²) in [6.07, 6.45) is 15.5. The Labute approximate surface area is 282 Å². The lowest BCUT2D eigenvalue weighted by Gasteiger charge is -2.33. The standard InChI is InChI=1S/C38H58N2O7/c1-3-5-6-7-8-9-10-17-24-40(38(43)47-34(18-4-2)30-21-15-12-16-22-30)27-33(41)32(26-29-19-13-11-14-20-29)39-37(42)46-35-28-45-36-31(35)23-25-44-36/h3-4,11,13-14,19-20,30-36,41H,1-2,5-10,12,15-18,21-28H2,(H,39,42)/t31-,32-,33+,34?,35-,36+/m0/s1. The molecule has 2 N–H and O–H groups in total. The fraction of sp³-hybridized carbons (Fsp3) is 0.684. The number of fused-ring (bicyclic) bond motifs is 1. The van der Waals surface area contributed by atoms with Crippen molar-refractivity contribution in [3.63, 3.8) is 0 Å². The first-order valence-electron chi connectivity index (χ1n) is 18.1. The molecule has 9 nitrogen and oxygen atoms in total. The molecule has 3 aliphatic rings. The molecule has 2 aliphatic heterocycles. The second-order valence-electron chi connectivity index (χ2n) is 13.5. The van der Waals surface area contributed by atoms with Gasteiger partial charge in [-0.2, -0.15) is 0 Å². The largest absolute Gasteiger partial charge is 0.445 e. The number of carbonyl (C=O) groups excluding carboxylic acids is 2. The van der Waals surface area contributed by atoms with Crippen molar-refractivity contribution in [2.24, 2.45) is 11.8 Å². The number of unbranched alkanes of at least 4 members (excludes halogenated alkanes) is 6. The smallest absolute Gasteiger partial charge is 0.410 e. The number of rotatable bonds is 20. The molecule has 9 heteroatoms. The second kappa shape index (κ2) is 20.5. The number of carbonyl (C=O) groups is 2. The normalized spacial score (nSPS) is 22.9. The van der Waals surface area contributed by atoms with Crippen LogP contribution in [0.4, 0.5) is 9.59 Å².